The fourth-order valence-corrected chi connectivity index (χ4v) is 2.36. The molecule has 0 heterocycles. The van der Waals surface area contributed by atoms with E-state index in [-0.39, 0.29) is 17.5 Å². The Morgan fingerprint density at radius 1 is 1.35 bits per heavy atom. The van der Waals surface area contributed by atoms with E-state index in [9.17, 15) is 14.7 Å². The average molecular weight is 240 g/mol. The van der Waals surface area contributed by atoms with Gasteiger partial charge in [-0.25, -0.2) is 9.59 Å². The van der Waals surface area contributed by atoms with Crippen LogP contribution < -0.4 is 10.6 Å². The van der Waals surface area contributed by atoms with E-state index in [0.29, 0.717) is 0 Å². The molecular weight excluding hydrogens is 220 g/mol. The van der Waals surface area contributed by atoms with Gasteiger partial charge in [-0.15, -0.1) is 0 Å². The second-order valence-corrected chi connectivity index (χ2v) is 5.78. The van der Waals surface area contributed by atoms with Gasteiger partial charge in [-0.2, -0.15) is 0 Å². The van der Waals surface area contributed by atoms with Gasteiger partial charge in [0.2, 0.25) is 0 Å². The molecular formula is C12H20N2O3. The fraction of sp³-hybridized carbons (Fsp3) is 0.833. The van der Waals surface area contributed by atoms with Crippen molar-refractivity contribution in [2.75, 3.05) is 0 Å². The zero-order valence-corrected chi connectivity index (χ0v) is 10.4. The Balaban J connectivity index is 1.94. The molecule has 96 valence electrons. The van der Waals surface area contributed by atoms with Crippen molar-refractivity contribution in [3.63, 3.8) is 0 Å². The second-order valence-electron chi connectivity index (χ2n) is 5.78. The standard InChI is InChI=1S/C12H20N2O3/c1-11(6-3-7-11)13-10(17)14-12(2,9(15)16)8-4-5-8/h8H,3-7H2,1-2H3,(H,15,16)(H2,13,14,17). The van der Waals surface area contributed by atoms with Crippen LogP contribution in [0.1, 0.15) is 46.0 Å². The molecule has 1 unspecified atom stereocenters. The van der Waals surface area contributed by atoms with Crippen molar-refractivity contribution in [2.45, 2.75) is 57.0 Å². The maximum absolute atomic E-state index is 11.8. The minimum Gasteiger partial charge on any atom is -0.480 e. The molecule has 2 aliphatic rings. The van der Waals surface area contributed by atoms with Gasteiger partial charge in [0.1, 0.15) is 5.54 Å². The molecule has 0 aromatic carbocycles. The Bertz CT molecular complexity index is 348. The van der Waals surface area contributed by atoms with E-state index in [0.717, 1.165) is 32.1 Å². The molecule has 2 aliphatic carbocycles. The smallest absolute Gasteiger partial charge is 0.329 e. The Hall–Kier alpha value is -1.26. The minimum atomic E-state index is -1.12. The molecule has 2 amide bonds. The fourth-order valence-electron chi connectivity index (χ4n) is 2.36. The van der Waals surface area contributed by atoms with Crippen molar-refractivity contribution in [2.24, 2.45) is 5.92 Å². The number of nitrogens with one attached hydrogen (secondary N) is 2. The highest BCUT2D eigenvalue weighted by atomic mass is 16.4. The highest BCUT2D eigenvalue weighted by Crippen LogP contribution is 2.40. The Kier molecular flexibility index (Phi) is 2.79. The SMILES string of the molecule is CC1(NC(=O)NC(C)(C(=O)O)C2CC2)CCC1. The molecule has 5 nitrogen and oxygen atoms in total. The number of carboxylic acid groups (broad SMARTS) is 1. The van der Waals surface area contributed by atoms with Gasteiger partial charge in [0.15, 0.2) is 0 Å². The largest absolute Gasteiger partial charge is 0.480 e. The number of carboxylic acids is 1. The number of hydrogen-bond donors (Lipinski definition) is 3. The first-order valence-electron chi connectivity index (χ1n) is 6.19. The van der Waals surface area contributed by atoms with Gasteiger partial charge in [-0.3, -0.25) is 0 Å². The van der Waals surface area contributed by atoms with Crippen molar-refractivity contribution in [1.82, 2.24) is 10.6 Å². The number of amides is 2. The maximum atomic E-state index is 11.8. The predicted octanol–water partition coefficient (Wildman–Crippen LogP) is 1.48. The summed E-state index contributed by atoms with van der Waals surface area (Å²) in [7, 11) is 0. The third kappa shape index (κ3) is 2.37. The quantitative estimate of drug-likeness (QED) is 0.696. The van der Waals surface area contributed by atoms with E-state index in [1.54, 1.807) is 6.92 Å². The van der Waals surface area contributed by atoms with Crippen LogP contribution in [0.25, 0.3) is 0 Å². The highest BCUT2D eigenvalue weighted by Gasteiger charge is 2.49. The molecule has 0 saturated heterocycles. The monoisotopic (exact) mass is 240 g/mol. The third-order valence-corrected chi connectivity index (χ3v) is 4.08. The molecule has 1 atom stereocenters. The molecule has 0 spiro atoms. The molecule has 0 aliphatic heterocycles. The number of aliphatic carboxylic acids is 1. The van der Waals surface area contributed by atoms with E-state index >= 15 is 0 Å². The highest BCUT2D eigenvalue weighted by molar-refractivity contribution is 5.86. The van der Waals surface area contributed by atoms with Crippen LogP contribution in [0, 0.1) is 5.92 Å². The predicted molar refractivity (Wildman–Crippen MR) is 62.7 cm³/mol. The van der Waals surface area contributed by atoms with E-state index in [1.165, 1.54) is 0 Å². The van der Waals surface area contributed by atoms with Crippen molar-refractivity contribution in [1.29, 1.82) is 0 Å². The van der Waals surface area contributed by atoms with Gasteiger partial charge in [0.05, 0.1) is 0 Å². The van der Waals surface area contributed by atoms with Crippen LogP contribution in [0.15, 0.2) is 0 Å². The van der Waals surface area contributed by atoms with Crippen LogP contribution in [-0.4, -0.2) is 28.2 Å². The van der Waals surface area contributed by atoms with Gasteiger partial charge in [0, 0.05) is 5.54 Å². The Morgan fingerprint density at radius 3 is 2.29 bits per heavy atom. The zero-order chi connectivity index (χ0) is 12.7. The molecule has 0 radical (unpaired) electrons. The van der Waals surface area contributed by atoms with E-state index < -0.39 is 11.5 Å². The summed E-state index contributed by atoms with van der Waals surface area (Å²) in [4.78, 5) is 23.1. The van der Waals surface area contributed by atoms with Crippen LogP contribution in [0.4, 0.5) is 4.79 Å². The topological polar surface area (TPSA) is 78.4 Å². The number of carbonyl (C=O) groups excluding carboxylic acids is 1. The maximum Gasteiger partial charge on any atom is 0.329 e. The first-order chi connectivity index (χ1) is 7.86. The number of carbonyl (C=O) groups is 2. The third-order valence-electron chi connectivity index (χ3n) is 4.08. The van der Waals surface area contributed by atoms with Gasteiger partial charge >= 0.3 is 12.0 Å². The number of urea groups is 1. The van der Waals surface area contributed by atoms with E-state index in [1.807, 2.05) is 6.92 Å². The lowest BCUT2D eigenvalue weighted by Gasteiger charge is -2.40. The summed E-state index contributed by atoms with van der Waals surface area (Å²) in [6.07, 6.45) is 4.80. The van der Waals surface area contributed by atoms with Crippen LogP contribution in [-0.2, 0) is 4.79 Å². The molecule has 0 bridgehead atoms. The second kappa shape index (κ2) is 3.89. The van der Waals surface area contributed by atoms with Crippen LogP contribution in [0.3, 0.4) is 0 Å². The zero-order valence-electron chi connectivity index (χ0n) is 10.4. The molecule has 0 aromatic heterocycles. The minimum absolute atomic E-state index is 0.0694. The summed E-state index contributed by atoms with van der Waals surface area (Å²) in [5.41, 5.74) is -1.27. The first-order valence-corrected chi connectivity index (χ1v) is 6.19. The van der Waals surface area contributed by atoms with Crippen LogP contribution in [0.5, 0.6) is 0 Å². The van der Waals surface area contributed by atoms with Gasteiger partial charge in [-0.1, -0.05) is 0 Å². The van der Waals surface area contributed by atoms with E-state index in [4.69, 9.17) is 0 Å². The van der Waals surface area contributed by atoms with Gasteiger partial charge < -0.3 is 15.7 Å². The molecule has 3 N–H and O–H groups in total. The Morgan fingerprint density at radius 2 is 1.94 bits per heavy atom. The van der Waals surface area contributed by atoms with Gasteiger partial charge in [0.25, 0.3) is 0 Å². The van der Waals surface area contributed by atoms with Gasteiger partial charge in [-0.05, 0) is 51.9 Å². The molecule has 17 heavy (non-hydrogen) atoms. The summed E-state index contributed by atoms with van der Waals surface area (Å²) in [5, 5.41) is 14.7. The molecule has 5 heteroatoms. The summed E-state index contributed by atoms with van der Waals surface area (Å²) in [6, 6.07) is -0.357. The number of hydrogen-bond acceptors (Lipinski definition) is 2. The summed E-state index contributed by atoms with van der Waals surface area (Å²) < 4.78 is 0. The molecule has 0 aromatic rings. The Labute approximate surface area is 101 Å². The van der Waals surface area contributed by atoms with Crippen molar-refractivity contribution < 1.29 is 14.7 Å². The molecule has 2 rings (SSSR count). The normalized spacial score (nSPS) is 25.3. The summed E-state index contributed by atoms with van der Waals surface area (Å²) >= 11 is 0. The molecule has 2 fully saturated rings. The first kappa shape index (κ1) is 12.2. The average Bonchev–Trinajstić information content (AvgIpc) is 2.97. The number of rotatable bonds is 4. The molecule has 2 saturated carbocycles. The summed E-state index contributed by atoms with van der Waals surface area (Å²) in [5.74, 6) is -0.881. The lowest BCUT2D eigenvalue weighted by molar-refractivity contribution is -0.144. The van der Waals surface area contributed by atoms with Crippen molar-refractivity contribution in [3.05, 3.63) is 0 Å². The van der Waals surface area contributed by atoms with Crippen molar-refractivity contribution in [3.8, 4) is 0 Å². The van der Waals surface area contributed by atoms with Crippen LogP contribution in [0.2, 0.25) is 0 Å². The van der Waals surface area contributed by atoms with Crippen molar-refractivity contribution >= 4 is 12.0 Å². The lowest BCUT2D eigenvalue weighted by Crippen LogP contribution is -2.61. The van der Waals surface area contributed by atoms with E-state index in [2.05, 4.69) is 10.6 Å². The summed E-state index contributed by atoms with van der Waals surface area (Å²) in [6.45, 7) is 3.58. The van der Waals surface area contributed by atoms with Crippen LogP contribution >= 0.6 is 0 Å². The lowest BCUT2D eigenvalue weighted by atomic mass is 9.79.